The second kappa shape index (κ2) is 2.98. The monoisotopic (exact) mass is 217 g/mol. The molecule has 1 aromatic heterocycles. The van der Waals surface area contributed by atoms with Crippen LogP contribution >= 0.6 is 0 Å². The zero-order valence-electron chi connectivity index (χ0n) is 9.27. The molecule has 3 N–H and O–H groups in total. The molecule has 1 aromatic carbocycles. The van der Waals surface area contributed by atoms with Crippen molar-refractivity contribution in [3.8, 4) is 0 Å². The summed E-state index contributed by atoms with van der Waals surface area (Å²) in [6.07, 6.45) is 2.06. The number of hydrogen-bond donors (Lipinski definition) is 2. The van der Waals surface area contributed by atoms with E-state index in [1.807, 2.05) is 25.1 Å². The number of fused-ring (bicyclic) bond motifs is 1. The Bertz CT molecular complexity index is 555. The topological polar surface area (TPSA) is 64.1 Å². The first-order chi connectivity index (χ1) is 7.66. The predicted octanol–water partition coefficient (Wildman–Crippen LogP) is 1.41. The van der Waals surface area contributed by atoms with Gasteiger partial charge in [-0.1, -0.05) is 0 Å². The molecule has 1 heterocycles. The van der Waals surface area contributed by atoms with Crippen LogP contribution in [0, 0.1) is 6.92 Å². The molecule has 1 saturated carbocycles. The third kappa shape index (κ3) is 1.16. The highest BCUT2D eigenvalue weighted by atomic mass is 16.3. The summed E-state index contributed by atoms with van der Waals surface area (Å²) in [4.78, 5) is 4.50. The Balaban J connectivity index is 2.28. The summed E-state index contributed by atoms with van der Waals surface area (Å²) in [5, 5.41) is 9.49. The molecule has 0 atom stereocenters. The average molecular weight is 217 g/mol. The molecule has 4 heteroatoms. The van der Waals surface area contributed by atoms with Gasteiger partial charge in [0.05, 0.1) is 23.2 Å². The van der Waals surface area contributed by atoms with Crippen LogP contribution < -0.4 is 5.73 Å². The normalized spacial score (nSPS) is 17.9. The SMILES string of the molecule is Cc1nc2cc(N)ccc2n1C1(CO)CC1. The lowest BCUT2D eigenvalue weighted by atomic mass is 10.2. The minimum Gasteiger partial charge on any atom is -0.399 e. The zero-order valence-corrected chi connectivity index (χ0v) is 9.27. The molecule has 0 spiro atoms. The Morgan fingerprint density at radius 2 is 2.25 bits per heavy atom. The fourth-order valence-electron chi connectivity index (χ4n) is 2.41. The molecule has 4 nitrogen and oxygen atoms in total. The third-order valence-corrected chi connectivity index (χ3v) is 3.44. The van der Waals surface area contributed by atoms with E-state index >= 15 is 0 Å². The number of nitrogens with two attached hydrogens (primary N) is 1. The van der Waals surface area contributed by atoms with Crippen LogP contribution in [0.3, 0.4) is 0 Å². The van der Waals surface area contributed by atoms with Crippen LogP contribution in [0.4, 0.5) is 5.69 Å². The lowest BCUT2D eigenvalue weighted by Gasteiger charge is -2.17. The molecule has 0 amide bonds. The maximum absolute atomic E-state index is 9.49. The predicted molar refractivity (Wildman–Crippen MR) is 63.2 cm³/mol. The molecule has 1 aliphatic rings. The van der Waals surface area contributed by atoms with Crippen molar-refractivity contribution < 1.29 is 5.11 Å². The van der Waals surface area contributed by atoms with Crippen molar-refractivity contribution in [1.29, 1.82) is 0 Å². The van der Waals surface area contributed by atoms with E-state index in [1.165, 1.54) is 0 Å². The van der Waals surface area contributed by atoms with Crippen molar-refractivity contribution in [3.05, 3.63) is 24.0 Å². The zero-order chi connectivity index (χ0) is 11.3. The summed E-state index contributed by atoms with van der Waals surface area (Å²) in [6, 6.07) is 5.75. The van der Waals surface area contributed by atoms with E-state index in [2.05, 4.69) is 9.55 Å². The van der Waals surface area contributed by atoms with Crippen molar-refractivity contribution >= 4 is 16.7 Å². The minimum absolute atomic E-state index is 0.102. The van der Waals surface area contributed by atoms with Gasteiger partial charge in [0.1, 0.15) is 5.82 Å². The number of benzene rings is 1. The number of rotatable bonds is 2. The number of aliphatic hydroxyl groups is 1. The molecular weight excluding hydrogens is 202 g/mol. The van der Waals surface area contributed by atoms with Gasteiger partial charge in [0.2, 0.25) is 0 Å². The van der Waals surface area contributed by atoms with Gasteiger partial charge in [-0.2, -0.15) is 0 Å². The van der Waals surface area contributed by atoms with Gasteiger partial charge in [-0.15, -0.1) is 0 Å². The molecule has 84 valence electrons. The van der Waals surface area contributed by atoms with Crippen LogP contribution in [0.15, 0.2) is 18.2 Å². The van der Waals surface area contributed by atoms with E-state index in [0.29, 0.717) is 0 Å². The summed E-state index contributed by atoms with van der Waals surface area (Å²) in [6.45, 7) is 2.16. The van der Waals surface area contributed by atoms with Gasteiger partial charge < -0.3 is 15.4 Å². The summed E-state index contributed by atoms with van der Waals surface area (Å²) in [7, 11) is 0. The molecule has 3 rings (SSSR count). The number of aryl methyl sites for hydroxylation is 1. The number of nitrogen functional groups attached to an aromatic ring is 1. The van der Waals surface area contributed by atoms with E-state index in [-0.39, 0.29) is 12.1 Å². The highest BCUT2D eigenvalue weighted by molar-refractivity contribution is 5.80. The van der Waals surface area contributed by atoms with Gasteiger partial charge in [0.25, 0.3) is 0 Å². The van der Waals surface area contributed by atoms with Crippen molar-refractivity contribution in [2.45, 2.75) is 25.3 Å². The first-order valence-corrected chi connectivity index (χ1v) is 5.52. The van der Waals surface area contributed by atoms with Crippen LogP contribution in [-0.2, 0) is 5.54 Å². The second-order valence-electron chi connectivity index (χ2n) is 4.63. The van der Waals surface area contributed by atoms with Gasteiger partial charge in [-0.05, 0) is 38.0 Å². The lowest BCUT2D eigenvalue weighted by molar-refractivity contribution is 0.214. The van der Waals surface area contributed by atoms with Crippen LogP contribution in [0.2, 0.25) is 0 Å². The van der Waals surface area contributed by atoms with Crippen LogP contribution in [0.25, 0.3) is 11.0 Å². The van der Waals surface area contributed by atoms with Gasteiger partial charge in [-0.3, -0.25) is 0 Å². The van der Waals surface area contributed by atoms with Crippen LogP contribution in [0.5, 0.6) is 0 Å². The second-order valence-corrected chi connectivity index (χ2v) is 4.63. The maximum Gasteiger partial charge on any atom is 0.107 e. The molecule has 0 saturated heterocycles. The third-order valence-electron chi connectivity index (χ3n) is 3.44. The highest BCUT2D eigenvalue weighted by Crippen LogP contribution is 2.45. The number of aromatic nitrogens is 2. The molecule has 1 fully saturated rings. The molecule has 2 aromatic rings. The Morgan fingerprint density at radius 1 is 1.50 bits per heavy atom. The first-order valence-electron chi connectivity index (χ1n) is 5.52. The molecule has 0 unspecified atom stereocenters. The maximum atomic E-state index is 9.49. The minimum atomic E-state index is -0.102. The summed E-state index contributed by atoms with van der Waals surface area (Å²) in [5.74, 6) is 0.951. The fourth-order valence-corrected chi connectivity index (χ4v) is 2.41. The Labute approximate surface area is 93.7 Å². The number of aliphatic hydroxyl groups excluding tert-OH is 1. The number of anilines is 1. The number of nitrogens with zero attached hydrogens (tertiary/aromatic N) is 2. The van der Waals surface area contributed by atoms with E-state index in [9.17, 15) is 5.11 Å². The van der Waals surface area contributed by atoms with E-state index in [1.54, 1.807) is 0 Å². The number of hydrogen-bond acceptors (Lipinski definition) is 3. The van der Waals surface area contributed by atoms with Crippen LogP contribution in [-0.4, -0.2) is 21.3 Å². The first kappa shape index (κ1) is 9.66. The average Bonchev–Trinajstić information content (AvgIpc) is 2.96. The number of imidazole rings is 1. The van der Waals surface area contributed by atoms with Gasteiger partial charge in [0.15, 0.2) is 0 Å². The largest absolute Gasteiger partial charge is 0.399 e. The van der Waals surface area contributed by atoms with Crippen molar-refractivity contribution in [3.63, 3.8) is 0 Å². The highest BCUT2D eigenvalue weighted by Gasteiger charge is 2.45. The van der Waals surface area contributed by atoms with E-state index in [0.717, 1.165) is 35.4 Å². The van der Waals surface area contributed by atoms with Crippen molar-refractivity contribution in [2.75, 3.05) is 12.3 Å². The molecule has 0 bridgehead atoms. The van der Waals surface area contributed by atoms with Crippen molar-refractivity contribution in [2.24, 2.45) is 0 Å². The Kier molecular flexibility index (Phi) is 1.80. The Hall–Kier alpha value is -1.55. The van der Waals surface area contributed by atoms with Gasteiger partial charge in [-0.25, -0.2) is 4.98 Å². The standard InChI is InChI=1S/C12H15N3O/c1-8-14-10-6-9(13)2-3-11(10)15(8)12(7-16)4-5-12/h2-3,6,16H,4-5,7,13H2,1H3. The Morgan fingerprint density at radius 3 is 2.88 bits per heavy atom. The fraction of sp³-hybridized carbons (Fsp3) is 0.417. The quantitative estimate of drug-likeness (QED) is 0.747. The van der Waals surface area contributed by atoms with Crippen molar-refractivity contribution in [1.82, 2.24) is 9.55 Å². The van der Waals surface area contributed by atoms with Gasteiger partial charge in [0, 0.05) is 5.69 Å². The molecule has 0 aliphatic heterocycles. The molecule has 16 heavy (non-hydrogen) atoms. The molecule has 1 aliphatic carbocycles. The summed E-state index contributed by atoms with van der Waals surface area (Å²) < 4.78 is 2.15. The summed E-state index contributed by atoms with van der Waals surface area (Å²) in [5.41, 5.74) is 8.35. The molecule has 0 radical (unpaired) electrons. The van der Waals surface area contributed by atoms with E-state index in [4.69, 9.17) is 5.73 Å². The van der Waals surface area contributed by atoms with Crippen LogP contribution in [0.1, 0.15) is 18.7 Å². The summed E-state index contributed by atoms with van der Waals surface area (Å²) >= 11 is 0. The van der Waals surface area contributed by atoms with Gasteiger partial charge >= 0.3 is 0 Å². The smallest absolute Gasteiger partial charge is 0.107 e. The van der Waals surface area contributed by atoms with E-state index < -0.39 is 0 Å². The lowest BCUT2D eigenvalue weighted by Crippen LogP contribution is -2.22. The molecular formula is C12H15N3O.